The molecule has 0 spiro atoms. The molecule has 0 bridgehead atoms. The summed E-state index contributed by atoms with van der Waals surface area (Å²) in [7, 11) is 1.74. The largest absolute Gasteiger partial charge is 0.355 e. The SMILES string of the molecule is C[C@@H]1CN2c3c(c(=O)n(C)c4ccccc34)NC(=O)[C@H]2CN1. The van der Waals surface area contributed by atoms with Gasteiger partial charge in [-0.25, -0.2) is 0 Å². The van der Waals surface area contributed by atoms with Crippen molar-refractivity contribution in [3.63, 3.8) is 0 Å². The molecule has 3 heterocycles. The molecule has 1 fully saturated rings. The van der Waals surface area contributed by atoms with Gasteiger partial charge in [-0.1, -0.05) is 18.2 Å². The molecule has 2 N–H and O–H groups in total. The lowest BCUT2D eigenvalue weighted by atomic mass is 10.0. The lowest BCUT2D eigenvalue weighted by Crippen LogP contribution is -2.62. The number of amides is 1. The normalized spacial score (nSPS) is 23.9. The maximum absolute atomic E-state index is 12.6. The highest BCUT2D eigenvalue weighted by Crippen LogP contribution is 2.37. The fourth-order valence-electron chi connectivity index (χ4n) is 3.49. The van der Waals surface area contributed by atoms with Gasteiger partial charge < -0.3 is 20.1 Å². The lowest BCUT2D eigenvalue weighted by molar-refractivity contribution is -0.117. The van der Waals surface area contributed by atoms with Crippen LogP contribution in [0.3, 0.4) is 0 Å². The van der Waals surface area contributed by atoms with Gasteiger partial charge in [0.25, 0.3) is 5.56 Å². The zero-order valence-corrected chi connectivity index (χ0v) is 12.6. The van der Waals surface area contributed by atoms with E-state index in [1.54, 1.807) is 11.6 Å². The molecule has 6 nitrogen and oxygen atoms in total. The van der Waals surface area contributed by atoms with Crippen molar-refractivity contribution in [2.75, 3.05) is 23.3 Å². The number of pyridine rings is 1. The number of aryl methyl sites for hydroxylation is 1. The van der Waals surface area contributed by atoms with Gasteiger partial charge in [0.05, 0.1) is 11.2 Å². The van der Waals surface area contributed by atoms with E-state index in [0.29, 0.717) is 18.8 Å². The molecule has 0 aliphatic carbocycles. The minimum atomic E-state index is -0.265. The Bertz CT molecular complexity index is 842. The van der Waals surface area contributed by atoms with E-state index in [-0.39, 0.29) is 23.6 Å². The van der Waals surface area contributed by atoms with Gasteiger partial charge in [0.15, 0.2) is 0 Å². The van der Waals surface area contributed by atoms with E-state index in [0.717, 1.165) is 16.6 Å². The summed E-state index contributed by atoms with van der Waals surface area (Å²) >= 11 is 0. The van der Waals surface area contributed by atoms with Crippen LogP contribution in [0.2, 0.25) is 0 Å². The molecular weight excluding hydrogens is 280 g/mol. The topological polar surface area (TPSA) is 66.4 Å². The third-order valence-corrected chi connectivity index (χ3v) is 4.62. The number of para-hydroxylation sites is 1. The van der Waals surface area contributed by atoms with E-state index in [1.807, 2.05) is 24.3 Å². The number of hydrogen-bond acceptors (Lipinski definition) is 4. The van der Waals surface area contributed by atoms with Gasteiger partial charge in [-0.15, -0.1) is 0 Å². The second-order valence-corrected chi connectivity index (χ2v) is 6.07. The number of benzene rings is 1. The first-order chi connectivity index (χ1) is 10.6. The van der Waals surface area contributed by atoms with Crippen LogP contribution in [-0.2, 0) is 11.8 Å². The van der Waals surface area contributed by atoms with Gasteiger partial charge in [0.2, 0.25) is 5.91 Å². The Morgan fingerprint density at radius 1 is 1.23 bits per heavy atom. The number of hydrogen-bond donors (Lipinski definition) is 2. The first-order valence-corrected chi connectivity index (χ1v) is 7.50. The van der Waals surface area contributed by atoms with Crippen molar-refractivity contribution in [1.82, 2.24) is 9.88 Å². The standard InChI is InChI=1S/C16H18N4O2/c1-9-8-20-12(7-17-9)15(21)18-13-14(20)10-5-3-4-6-11(10)19(2)16(13)22/h3-6,9,12,17H,7-8H2,1-2H3,(H,18,21)/t9-,12-/m1/s1. The Labute approximate surface area is 127 Å². The van der Waals surface area contributed by atoms with Crippen LogP contribution in [0.4, 0.5) is 11.4 Å². The minimum absolute atomic E-state index is 0.112. The summed E-state index contributed by atoms with van der Waals surface area (Å²) in [6, 6.07) is 7.84. The number of rotatable bonds is 0. The molecule has 114 valence electrons. The van der Waals surface area contributed by atoms with Gasteiger partial charge in [-0.2, -0.15) is 0 Å². The van der Waals surface area contributed by atoms with Crippen LogP contribution < -0.4 is 21.1 Å². The number of nitrogens with zero attached hydrogens (tertiary/aromatic N) is 2. The number of carbonyl (C=O) groups excluding carboxylic acids is 1. The Morgan fingerprint density at radius 2 is 2.00 bits per heavy atom. The fraction of sp³-hybridized carbons (Fsp3) is 0.375. The van der Waals surface area contributed by atoms with E-state index in [4.69, 9.17) is 0 Å². The number of carbonyl (C=O) groups is 1. The second-order valence-electron chi connectivity index (χ2n) is 6.07. The van der Waals surface area contributed by atoms with Gasteiger partial charge in [0.1, 0.15) is 11.7 Å². The quantitative estimate of drug-likeness (QED) is 0.750. The summed E-state index contributed by atoms with van der Waals surface area (Å²) in [5, 5.41) is 7.15. The van der Waals surface area contributed by atoms with Crippen molar-refractivity contribution >= 4 is 28.2 Å². The Morgan fingerprint density at radius 3 is 2.82 bits per heavy atom. The summed E-state index contributed by atoms with van der Waals surface area (Å²) in [6.45, 7) is 3.39. The Kier molecular flexibility index (Phi) is 2.77. The fourth-order valence-corrected chi connectivity index (χ4v) is 3.49. The van der Waals surface area contributed by atoms with E-state index in [1.165, 1.54) is 0 Å². The van der Waals surface area contributed by atoms with E-state index in [2.05, 4.69) is 22.5 Å². The van der Waals surface area contributed by atoms with Crippen LogP contribution in [-0.4, -0.2) is 35.6 Å². The molecule has 6 heteroatoms. The summed E-state index contributed by atoms with van der Waals surface area (Å²) in [5.74, 6) is -0.112. The molecule has 1 aromatic carbocycles. The van der Waals surface area contributed by atoms with Crippen molar-refractivity contribution in [1.29, 1.82) is 0 Å². The summed E-state index contributed by atoms with van der Waals surface area (Å²) < 4.78 is 1.60. The van der Waals surface area contributed by atoms with Gasteiger partial charge >= 0.3 is 0 Å². The van der Waals surface area contributed by atoms with Crippen molar-refractivity contribution < 1.29 is 4.79 Å². The monoisotopic (exact) mass is 298 g/mol. The highest BCUT2D eigenvalue weighted by atomic mass is 16.2. The average molecular weight is 298 g/mol. The maximum atomic E-state index is 12.6. The lowest BCUT2D eigenvalue weighted by Gasteiger charge is -2.44. The zero-order chi connectivity index (χ0) is 15.4. The van der Waals surface area contributed by atoms with Crippen molar-refractivity contribution in [3.05, 3.63) is 34.6 Å². The van der Waals surface area contributed by atoms with Gasteiger partial charge in [-0.3, -0.25) is 9.59 Å². The number of piperazine rings is 1. The molecule has 4 rings (SSSR count). The second kappa shape index (κ2) is 4.58. The van der Waals surface area contributed by atoms with Crippen molar-refractivity contribution in [2.24, 2.45) is 7.05 Å². The number of fused-ring (bicyclic) bond motifs is 5. The van der Waals surface area contributed by atoms with Gasteiger partial charge in [0, 0.05) is 31.6 Å². The first-order valence-electron chi connectivity index (χ1n) is 7.50. The summed E-state index contributed by atoms with van der Waals surface area (Å²) in [4.78, 5) is 27.1. The molecule has 22 heavy (non-hydrogen) atoms. The van der Waals surface area contributed by atoms with Crippen LogP contribution in [0.15, 0.2) is 29.1 Å². The predicted molar refractivity (Wildman–Crippen MR) is 86.4 cm³/mol. The third-order valence-electron chi connectivity index (χ3n) is 4.62. The van der Waals surface area contributed by atoms with E-state index in [9.17, 15) is 9.59 Å². The third kappa shape index (κ3) is 1.70. The molecule has 2 aromatic rings. The minimum Gasteiger partial charge on any atom is -0.355 e. The molecular formula is C16H18N4O2. The Balaban J connectivity index is 2.06. The Hall–Kier alpha value is -2.34. The van der Waals surface area contributed by atoms with E-state index < -0.39 is 0 Å². The smallest absolute Gasteiger partial charge is 0.276 e. The average Bonchev–Trinajstić information content (AvgIpc) is 2.52. The van der Waals surface area contributed by atoms with Gasteiger partial charge in [-0.05, 0) is 13.0 Å². The van der Waals surface area contributed by atoms with Crippen LogP contribution in [0.1, 0.15) is 6.92 Å². The molecule has 1 saturated heterocycles. The highest BCUT2D eigenvalue weighted by molar-refractivity contribution is 6.10. The van der Waals surface area contributed by atoms with Crippen LogP contribution in [0.5, 0.6) is 0 Å². The van der Waals surface area contributed by atoms with Crippen LogP contribution in [0.25, 0.3) is 10.9 Å². The number of anilines is 2. The number of aromatic nitrogens is 1. The number of nitrogens with one attached hydrogen (secondary N) is 2. The molecule has 1 amide bonds. The highest BCUT2D eigenvalue weighted by Gasteiger charge is 2.39. The van der Waals surface area contributed by atoms with Crippen LogP contribution in [0, 0.1) is 0 Å². The maximum Gasteiger partial charge on any atom is 0.276 e. The summed E-state index contributed by atoms with van der Waals surface area (Å²) in [6.07, 6.45) is 0. The molecule has 2 aliphatic heterocycles. The predicted octanol–water partition coefficient (Wildman–Crippen LogP) is 0.657. The zero-order valence-electron chi connectivity index (χ0n) is 12.6. The summed E-state index contributed by atoms with van der Waals surface area (Å²) in [5.41, 5.74) is 1.98. The molecule has 2 aliphatic rings. The molecule has 1 aromatic heterocycles. The first kappa shape index (κ1) is 13.3. The molecule has 0 unspecified atom stereocenters. The molecule has 0 saturated carbocycles. The van der Waals surface area contributed by atoms with E-state index >= 15 is 0 Å². The van der Waals surface area contributed by atoms with Crippen molar-refractivity contribution in [2.45, 2.75) is 19.0 Å². The van der Waals surface area contributed by atoms with Crippen LogP contribution >= 0.6 is 0 Å². The molecule has 0 radical (unpaired) electrons. The molecule has 2 atom stereocenters. The van der Waals surface area contributed by atoms with Crippen molar-refractivity contribution in [3.8, 4) is 0 Å².